The number of nitrogens with zero attached hydrogens (tertiary/aromatic N) is 2. The van der Waals surface area contributed by atoms with Crippen LogP contribution in [0, 0.1) is 17.2 Å². The van der Waals surface area contributed by atoms with Gasteiger partial charge in [-0.15, -0.1) is 11.3 Å². The van der Waals surface area contributed by atoms with E-state index in [-0.39, 0.29) is 41.3 Å². The van der Waals surface area contributed by atoms with Crippen LogP contribution in [-0.2, 0) is 14.8 Å². The molecule has 1 atom stereocenters. The number of hydrogen-bond acceptors (Lipinski definition) is 6. The number of benzene rings is 1. The fraction of sp³-hybridized carbons (Fsp3) is 0.409. The van der Waals surface area contributed by atoms with Crippen LogP contribution >= 0.6 is 11.3 Å². The van der Waals surface area contributed by atoms with Crippen LogP contribution in [0.4, 0.5) is 0 Å². The average molecular weight is 477 g/mol. The van der Waals surface area contributed by atoms with Crippen molar-refractivity contribution in [3.8, 4) is 6.07 Å². The van der Waals surface area contributed by atoms with Gasteiger partial charge in [-0.3, -0.25) is 9.59 Å². The van der Waals surface area contributed by atoms with E-state index in [9.17, 15) is 18.0 Å². The third kappa shape index (κ3) is 6.88. The van der Waals surface area contributed by atoms with Gasteiger partial charge in [0.15, 0.2) is 0 Å². The summed E-state index contributed by atoms with van der Waals surface area (Å²) in [5.41, 5.74) is 0.0886. The second kappa shape index (κ2) is 11.8. The van der Waals surface area contributed by atoms with Gasteiger partial charge in [-0.1, -0.05) is 32.0 Å². The summed E-state index contributed by atoms with van der Waals surface area (Å²) >= 11 is 1.31. The number of nitrogens with one attached hydrogen (secondary N) is 2. The molecule has 2 amide bonds. The van der Waals surface area contributed by atoms with Gasteiger partial charge < -0.3 is 10.6 Å². The number of nitriles is 1. The van der Waals surface area contributed by atoms with Crippen molar-refractivity contribution in [1.29, 1.82) is 5.26 Å². The van der Waals surface area contributed by atoms with Gasteiger partial charge in [0.25, 0.3) is 5.91 Å². The third-order valence-corrected chi connectivity index (χ3v) is 7.50. The van der Waals surface area contributed by atoms with Gasteiger partial charge in [0.05, 0.1) is 15.3 Å². The van der Waals surface area contributed by atoms with Crippen molar-refractivity contribution in [3.05, 3.63) is 52.2 Å². The average Bonchev–Trinajstić information content (AvgIpc) is 3.30. The summed E-state index contributed by atoms with van der Waals surface area (Å²) in [6, 6.07) is 10.7. The van der Waals surface area contributed by atoms with E-state index < -0.39 is 16.1 Å². The van der Waals surface area contributed by atoms with Crippen LogP contribution in [0.5, 0.6) is 0 Å². The zero-order chi connectivity index (χ0) is 23.7. The first-order valence-corrected chi connectivity index (χ1v) is 12.6. The van der Waals surface area contributed by atoms with E-state index in [2.05, 4.69) is 10.6 Å². The maximum absolute atomic E-state index is 12.7. The maximum atomic E-state index is 12.7. The van der Waals surface area contributed by atoms with Crippen molar-refractivity contribution in [2.45, 2.75) is 37.6 Å². The molecule has 2 N–H and O–H groups in total. The number of amides is 2. The number of carbonyl (C=O) groups excluding carboxylic acids is 2. The highest BCUT2D eigenvalue weighted by molar-refractivity contribution is 7.89. The highest BCUT2D eigenvalue weighted by Gasteiger charge is 2.25. The van der Waals surface area contributed by atoms with Crippen LogP contribution in [0.3, 0.4) is 0 Å². The third-order valence-electron chi connectivity index (χ3n) is 4.72. The maximum Gasteiger partial charge on any atom is 0.261 e. The summed E-state index contributed by atoms with van der Waals surface area (Å²) in [5.74, 6) is -0.391. The van der Waals surface area contributed by atoms with Crippen molar-refractivity contribution in [3.63, 3.8) is 0 Å². The number of sulfonamides is 1. The molecule has 0 aliphatic heterocycles. The summed E-state index contributed by atoms with van der Waals surface area (Å²) < 4.78 is 26.7. The van der Waals surface area contributed by atoms with E-state index >= 15 is 0 Å². The molecule has 2 rings (SSSR count). The lowest BCUT2D eigenvalue weighted by atomic mass is 10.0. The summed E-state index contributed by atoms with van der Waals surface area (Å²) in [5, 5.41) is 16.5. The lowest BCUT2D eigenvalue weighted by molar-refractivity contribution is -0.123. The Labute approximate surface area is 193 Å². The molecular formula is C22H28N4O4S2. The second-order valence-electron chi connectivity index (χ2n) is 7.71. The van der Waals surface area contributed by atoms with Crippen LogP contribution < -0.4 is 10.6 Å². The molecule has 2 aromatic rings. The molecule has 1 aromatic heterocycles. The van der Waals surface area contributed by atoms with Gasteiger partial charge in [-0.25, -0.2) is 12.7 Å². The van der Waals surface area contributed by atoms with Crippen LogP contribution in [-0.4, -0.2) is 50.7 Å². The van der Waals surface area contributed by atoms with E-state index in [1.54, 1.807) is 29.6 Å². The van der Waals surface area contributed by atoms with Crippen molar-refractivity contribution in [1.82, 2.24) is 14.9 Å². The lowest BCUT2D eigenvalue weighted by Crippen LogP contribution is -2.47. The zero-order valence-electron chi connectivity index (χ0n) is 18.4. The van der Waals surface area contributed by atoms with Crippen LogP contribution in [0.1, 0.15) is 41.9 Å². The largest absolute Gasteiger partial charge is 0.354 e. The van der Waals surface area contributed by atoms with Gasteiger partial charge in [0, 0.05) is 20.1 Å². The molecule has 0 saturated heterocycles. The van der Waals surface area contributed by atoms with Crippen LogP contribution in [0.15, 0.2) is 46.7 Å². The van der Waals surface area contributed by atoms with Gasteiger partial charge in [0.1, 0.15) is 12.1 Å². The minimum absolute atomic E-state index is 0.0395. The van der Waals surface area contributed by atoms with Gasteiger partial charge >= 0.3 is 0 Å². The number of carbonyl (C=O) groups is 2. The van der Waals surface area contributed by atoms with Crippen molar-refractivity contribution >= 4 is 33.2 Å². The van der Waals surface area contributed by atoms with Crippen LogP contribution in [0.2, 0.25) is 0 Å². The zero-order valence-corrected chi connectivity index (χ0v) is 20.0. The Morgan fingerprint density at radius 1 is 1.19 bits per heavy atom. The summed E-state index contributed by atoms with van der Waals surface area (Å²) in [7, 11) is -2.37. The Morgan fingerprint density at radius 2 is 1.91 bits per heavy atom. The fourth-order valence-corrected chi connectivity index (χ4v) is 5.02. The summed E-state index contributed by atoms with van der Waals surface area (Å²) in [6.45, 7) is 4.35. The van der Waals surface area contributed by atoms with Crippen molar-refractivity contribution in [2.75, 3.05) is 20.1 Å². The lowest BCUT2D eigenvalue weighted by Gasteiger charge is -2.21. The predicted octanol–water partition coefficient (Wildman–Crippen LogP) is 2.59. The Balaban J connectivity index is 1.90. The standard InChI is InChI=1S/C22H28N4O4S2/c1-16(2)14-18(25-22(28)19-9-6-13-31-19)21(27)24-11-7-12-26(3)32(29,30)20-10-5-4-8-17(20)15-23/h4-6,8-10,13,16,18H,7,11-12,14H2,1-3H3,(H,24,27)(H,25,28)/t18-/m0/s1. The monoisotopic (exact) mass is 476 g/mol. The summed E-state index contributed by atoms with van der Waals surface area (Å²) in [4.78, 5) is 25.5. The molecule has 0 spiro atoms. The van der Waals surface area contributed by atoms with E-state index in [1.165, 1.54) is 34.8 Å². The topological polar surface area (TPSA) is 119 Å². The van der Waals surface area contributed by atoms with E-state index in [0.29, 0.717) is 17.7 Å². The first kappa shape index (κ1) is 25.5. The number of rotatable bonds is 11. The molecule has 10 heteroatoms. The van der Waals surface area contributed by atoms with Crippen LogP contribution in [0.25, 0.3) is 0 Å². The smallest absolute Gasteiger partial charge is 0.261 e. The number of thiophene rings is 1. The molecule has 0 aliphatic carbocycles. The molecule has 0 unspecified atom stereocenters. The van der Waals surface area contributed by atoms with Gasteiger partial charge in [0.2, 0.25) is 15.9 Å². The molecule has 1 aromatic carbocycles. The highest BCUT2D eigenvalue weighted by Crippen LogP contribution is 2.18. The first-order valence-electron chi connectivity index (χ1n) is 10.2. The first-order chi connectivity index (χ1) is 15.2. The van der Waals surface area contributed by atoms with E-state index in [1.807, 2.05) is 19.9 Å². The second-order valence-corrected chi connectivity index (χ2v) is 10.7. The molecule has 172 valence electrons. The van der Waals surface area contributed by atoms with Gasteiger partial charge in [-0.05, 0) is 42.3 Å². The highest BCUT2D eigenvalue weighted by atomic mass is 32.2. The summed E-state index contributed by atoms with van der Waals surface area (Å²) in [6.07, 6.45) is 0.867. The molecule has 1 heterocycles. The van der Waals surface area contributed by atoms with Gasteiger partial charge in [-0.2, -0.15) is 5.26 Å². The van der Waals surface area contributed by atoms with E-state index in [0.717, 1.165) is 0 Å². The van der Waals surface area contributed by atoms with Crippen molar-refractivity contribution in [2.24, 2.45) is 5.92 Å². The number of hydrogen-bond donors (Lipinski definition) is 2. The Morgan fingerprint density at radius 3 is 2.53 bits per heavy atom. The molecule has 0 bridgehead atoms. The fourth-order valence-electron chi connectivity index (χ4n) is 3.05. The Hall–Kier alpha value is -2.74. The Kier molecular flexibility index (Phi) is 9.38. The molecule has 0 aliphatic rings. The molecule has 0 fully saturated rings. The molecule has 0 radical (unpaired) electrons. The molecule has 32 heavy (non-hydrogen) atoms. The van der Waals surface area contributed by atoms with Crippen molar-refractivity contribution < 1.29 is 18.0 Å². The molecule has 8 nitrogen and oxygen atoms in total. The minimum Gasteiger partial charge on any atom is -0.354 e. The normalized spacial score (nSPS) is 12.4. The molecule has 0 saturated carbocycles. The minimum atomic E-state index is -3.81. The predicted molar refractivity (Wildman–Crippen MR) is 124 cm³/mol. The van der Waals surface area contributed by atoms with E-state index in [4.69, 9.17) is 5.26 Å². The SMILES string of the molecule is CC(C)C[C@H](NC(=O)c1cccs1)C(=O)NCCCN(C)S(=O)(=O)c1ccccc1C#N. The molecular weight excluding hydrogens is 448 g/mol. The quantitative estimate of drug-likeness (QED) is 0.483. The Bertz CT molecular complexity index is 1060.